The van der Waals surface area contributed by atoms with Crippen molar-refractivity contribution in [2.24, 2.45) is 0 Å². The number of nitrogens with two attached hydrogens (primary N) is 1. The van der Waals surface area contributed by atoms with E-state index in [0.717, 1.165) is 25.0 Å². The van der Waals surface area contributed by atoms with Gasteiger partial charge >= 0.3 is 6.03 Å². The second-order valence-corrected chi connectivity index (χ2v) is 6.51. The normalized spacial score (nSPS) is 15.4. The summed E-state index contributed by atoms with van der Waals surface area (Å²) in [5, 5.41) is 8.39. The third-order valence-electron chi connectivity index (χ3n) is 4.29. The molecular weight excluding hydrogens is 380 g/mol. The smallest absolute Gasteiger partial charge is 0.319 e. The topological polar surface area (TPSA) is 105 Å². The van der Waals surface area contributed by atoms with Crippen molar-refractivity contribution >= 4 is 41.4 Å². The van der Waals surface area contributed by atoms with Gasteiger partial charge in [-0.3, -0.25) is 4.79 Å². The number of rotatable bonds is 6. The van der Waals surface area contributed by atoms with Crippen molar-refractivity contribution in [2.45, 2.75) is 25.4 Å². The molecule has 1 saturated heterocycles. The summed E-state index contributed by atoms with van der Waals surface area (Å²) in [5.74, 6) is -0.116. The van der Waals surface area contributed by atoms with Crippen LogP contribution in [0.1, 0.15) is 18.4 Å². The third-order valence-corrected chi connectivity index (χ3v) is 4.29. The van der Waals surface area contributed by atoms with Crippen LogP contribution in [0.25, 0.3) is 0 Å². The zero-order chi connectivity index (χ0) is 19.1. The van der Waals surface area contributed by atoms with Crippen molar-refractivity contribution in [1.82, 2.24) is 5.32 Å². The molecule has 150 valence electrons. The van der Waals surface area contributed by atoms with Crippen molar-refractivity contribution in [3.63, 3.8) is 0 Å². The highest BCUT2D eigenvalue weighted by Gasteiger charge is 2.16. The number of hydrogen-bond donors (Lipinski definition) is 4. The first kappa shape index (κ1) is 21.5. The van der Waals surface area contributed by atoms with Gasteiger partial charge < -0.3 is 26.4 Å². The van der Waals surface area contributed by atoms with E-state index in [2.05, 4.69) is 16.0 Å². The van der Waals surface area contributed by atoms with E-state index in [4.69, 9.17) is 10.5 Å². The summed E-state index contributed by atoms with van der Waals surface area (Å²) in [6.45, 7) is 1.27. The van der Waals surface area contributed by atoms with E-state index in [1.807, 2.05) is 12.1 Å². The average molecular weight is 405 g/mol. The zero-order valence-corrected chi connectivity index (χ0v) is 16.3. The number of anilines is 3. The molecular formula is C20H25ClN4O3. The first-order chi connectivity index (χ1) is 13.1. The molecule has 7 nitrogen and oxygen atoms in total. The third kappa shape index (κ3) is 6.75. The Morgan fingerprint density at radius 1 is 1.00 bits per heavy atom. The minimum absolute atomic E-state index is 0. The number of nitrogen functional groups attached to an aromatic ring is 1. The van der Waals surface area contributed by atoms with Gasteiger partial charge in [0, 0.05) is 30.2 Å². The molecule has 1 atom stereocenters. The fourth-order valence-corrected chi connectivity index (χ4v) is 2.85. The highest BCUT2D eigenvalue weighted by molar-refractivity contribution is 5.93. The number of carbonyl (C=O) groups is 2. The molecule has 8 heteroatoms. The fraction of sp³-hybridized carbons (Fsp3) is 0.300. The first-order valence-electron chi connectivity index (χ1n) is 8.99. The molecule has 0 aromatic heterocycles. The Hall–Kier alpha value is -2.77. The van der Waals surface area contributed by atoms with E-state index >= 15 is 0 Å². The monoisotopic (exact) mass is 404 g/mol. The van der Waals surface area contributed by atoms with Gasteiger partial charge in [-0.1, -0.05) is 12.1 Å². The second-order valence-electron chi connectivity index (χ2n) is 6.51. The zero-order valence-electron chi connectivity index (χ0n) is 15.4. The Morgan fingerprint density at radius 3 is 2.25 bits per heavy atom. The molecule has 2 aromatic carbocycles. The molecule has 5 N–H and O–H groups in total. The van der Waals surface area contributed by atoms with Crippen LogP contribution in [0.3, 0.4) is 0 Å². The van der Waals surface area contributed by atoms with Crippen LogP contribution in [0.4, 0.5) is 21.9 Å². The van der Waals surface area contributed by atoms with Crippen molar-refractivity contribution < 1.29 is 14.3 Å². The molecule has 28 heavy (non-hydrogen) atoms. The molecule has 0 aliphatic carbocycles. The summed E-state index contributed by atoms with van der Waals surface area (Å²) in [7, 11) is 0. The quantitative estimate of drug-likeness (QED) is 0.555. The number of amides is 3. The van der Waals surface area contributed by atoms with Gasteiger partial charge in [0.25, 0.3) is 0 Å². The van der Waals surface area contributed by atoms with Crippen molar-refractivity contribution in [3.8, 4) is 0 Å². The van der Waals surface area contributed by atoms with Crippen LogP contribution < -0.4 is 21.7 Å². The Balaban J connectivity index is 0.00000280. The van der Waals surface area contributed by atoms with Crippen LogP contribution in [0.2, 0.25) is 0 Å². The fourth-order valence-electron chi connectivity index (χ4n) is 2.85. The lowest BCUT2D eigenvalue weighted by atomic mass is 10.1. The van der Waals surface area contributed by atoms with Gasteiger partial charge in [-0.2, -0.15) is 0 Å². The molecule has 3 amide bonds. The molecule has 1 unspecified atom stereocenters. The van der Waals surface area contributed by atoms with E-state index in [-0.39, 0.29) is 36.9 Å². The van der Waals surface area contributed by atoms with Crippen LogP contribution in [0, 0.1) is 0 Å². The van der Waals surface area contributed by atoms with Crippen molar-refractivity contribution in [1.29, 1.82) is 0 Å². The van der Waals surface area contributed by atoms with Crippen LogP contribution in [-0.4, -0.2) is 31.2 Å². The van der Waals surface area contributed by atoms with E-state index in [0.29, 0.717) is 23.6 Å². The van der Waals surface area contributed by atoms with E-state index in [1.165, 1.54) is 0 Å². The number of ether oxygens (including phenoxy) is 1. The molecule has 1 fully saturated rings. The number of carbonyl (C=O) groups excluding carboxylic acids is 2. The van der Waals surface area contributed by atoms with E-state index in [1.54, 1.807) is 36.4 Å². The maximum absolute atomic E-state index is 12.1. The van der Waals surface area contributed by atoms with Gasteiger partial charge in [-0.05, 0) is 54.8 Å². The first-order valence-corrected chi connectivity index (χ1v) is 8.99. The summed E-state index contributed by atoms with van der Waals surface area (Å²) < 4.78 is 5.47. The summed E-state index contributed by atoms with van der Waals surface area (Å²) in [5.41, 5.74) is 8.52. The van der Waals surface area contributed by atoms with E-state index < -0.39 is 0 Å². The molecule has 1 aliphatic rings. The molecule has 0 radical (unpaired) electrons. The Kier molecular flexibility index (Phi) is 8.10. The molecule has 0 saturated carbocycles. The molecule has 2 aromatic rings. The highest BCUT2D eigenvalue weighted by Crippen LogP contribution is 2.15. The molecule has 1 aliphatic heterocycles. The Labute approximate surface area is 170 Å². The van der Waals surface area contributed by atoms with Gasteiger partial charge in [0.2, 0.25) is 5.91 Å². The predicted molar refractivity (Wildman–Crippen MR) is 113 cm³/mol. The van der Waals surface area contributed by atoms with Crippen LogP contribution >= 0.6 is 12.4 Å². The SMILES string of the molecule is Cl.Nc1ccc(CC(=O)Nc2ccc(NC(=O)NCC3CCCO3)cc2)cc1. The summed E-state index contributed by atoms with van der Waals surface area (Å²) in [4.78, 5) is 24.0. The van der Waals surface area contributed by atoms with Gasteiger partial charge in [0.1, 0.15) is 0 Å². The molecule has 0 spiro atoms. The van der Waals surface area contributed by atoms with Gasteiger partial charge in [0.05, 0.1) is 12.5 Å². The largest absolute Gasteiger partial charge is 0.399 e. The Bertz CT molecular complexity index is 775. The minimum Gasteiger partial charge on any atom is -0.399 e. The number of urea groups is 1. The molecule has 1 heterocycles. The summed E-state index contributed by atoms with van der Waals surface area (Å²) in [6.07, 6.45) is 2.39. The number of hydrogen-bond acceptors (Lipinski definition) is 4. The lowest BCUT2D eigenvalue weighted by Gasteiger charge is -2.12. The van der Waals surface area contributed by atoms with Gasteiger partial charge in [-0.15, -0.1) is 12.4 Å². The average Bonchev–Trinajstić information content (AvgIpc) is 3.17. The highest BCUT2D eigenvalue weighted by atomic mass is 35.5. The van der Waals surface area contributed by atoms with E-state index in [9.17, 15) is 9.59 Å². The predicted octanol–water partition coefficient (Wildman–Crippen LogP) is 3.17. The lowest BCUT2D eigenvalue weighted by molar-refractivity contribution is -0.115. The maximum atomic E-state index is 12.1. The van der Waals surface area contributed by atoms with Gasteiger partial charge in [-0.25, -0.2) is 4.79 Å². The molecule has 3 rings (SSSR count). The number of benzene rings is 2. The number of nitrogens with one attached hydrogen (secondary N) is 3. The van der Waals surface area contributed by atoms with Crippen LogP contribution in [0.15, 0.2) is 48.5 Å². The second kappa shape index (κ2) is 10.5. The Morgan fingerprint density at radius 2 is 1.64 bits per heavy atom. The lowest BCUT2D eigenvalue weighted by Crippen LogP contribution is -2.35. The van der Waals surface area contributed by atoms with Gasteiger partial charge in [0.15, 0.2) is 0 Å². The molecule has 0 bridgehead atoms. The number of halogens is 1. The summed E-state index contributed by atoms with van der Waals surface area (Å²) in [6, 6.07) is 13.9. The minimum atomic E-state index is -0.273. The maximum Gasteiger partial charge on any atom is 0.319 e. The van der Waals surface area contributed by atoms with Crippen LogP contribution in [0.5, 0.6) is 0 Å². The van der Waals surface area contributed by atoms with Crippen molar-refractivity contribution in [3.05, 3.63) is 54.1 Å². The summed E-state index contributed by atoms with van der Waals surface area (Å²) >= 11 is 0. The van der Waals surface area contributed by atoms with Crippen molar-refractivity contribution in [2.75, 3.05) is 29.5 Å². The van der Waals surface area contributed by atoms with Crippen LogP contribution in [-0.2, 0) is 16.0 Å². The standard InChI is InChI=1S/C20H24N4O3.ClH/c21-15-5-3-14(4-6-15)12-19(25)23-16-7-9-17(10-8-16)24-20(26)22-13-18-2-1-11-27-18;/h3-10,18H,1-2,11-13,21H2,(H,23,25)(H2,22,24,26);1H.